The third-order valence-electron chi connectivity index (χ3n) is 4.72. The molecule has 0 bridgehead atoms. The second-order valence-electron chi connectivity index (χ2n) is 7.22. The Morgan fingerprint density at radius 3 is 1.88 bits per heavy atom. The van der Waals surface area contributed by atoms with Gasteiger partial charge in [0.05, 0.1) is 0 Å². The van der Waals surface area contributed by atoms with Crippen LogP contribution in [0.15, 0.2) is 78.9 Å². The molecule has 3 N–H and O–H groups in total. The van der Waals surface area contributed by atoms with E-state index in [0.29, 0.717) is 18.1 Å². The van der Waals surface area contributed by atoms with E-state index in [1.54, 1.807) is 12.1 Å². The van der Waals surface area contributed by atoms with Crippen molar-refractivity contribution < 1.29 is 29.3 Å². The topological polar surface area (TPSA) is 105 Å². The van der Waals surface area contributed by atoms with Gasteiger partial charge in [0.1, 0.15) is 19.3 Å². The Balaban J connectivity index is 1.85. The van der Waals surface area contributed by atoms with Gasteiger partial charge in [-0.25, -0.2) is 4.79 Å². The van der Waals surface area contributed by atoms with Crippen LogP contribution in [-0.2, 0) is 22.8 Å². The zero-order valence-electron chi connectivity index (χ0n) is 17.6. The van der Waals surface area contributed by atoms with E-state index in [4.69, 9.17) is 9.47 Å². The molecule has 0 heterocycles. The van der Waals surface area contributed by atoms with Crippen LogP contribution in [0.25, 0.3) is 0 Å². The molecule has 3 aromatic rings. The fourth-order valence-corrected chi connectivity index (χ4v) is 3.10. The lowest BCUT2D eigenvalue weighted by Crippen LogP contribution is -2.44. The van der Waals surface area contributed by atoms with Crippen LogP contribution < -0.4 is 14.8 Å². The summed E-state index contributed by atoms with van der Waals surface area (Å²) in [5.41, 5.74) is 2.19. The molecule has 3 aromatic carbocycles. The number of benzene rings is 3. The molecule has 0 aliphatic heterocycles. The van der Waals surface area contributed by atoms with Crippen molar-refractivity contribution in [3.05, 3.63) is 95.6 Å². The molecule has 0 aliphatic carbocycles. The first kappa shape index (κ1) is 22.8. The van der Waals surface area contributed by atoms with Crippen LogP contribution in [-0.4, -0.2) is 28.1 Å². The van der Waals surface area contributed by atoms with Gasteiger partial charge in [0, 0.05) is 6.92 Å². The van der Waals surface area contributed by atoms with E-state index in [1.165, 1.54) is 13.0 Å². The van der Waals surface area contributed by atoms with Crippen molar-refractivity contribution >= 4 is 11.9 Å². The number of aliphatic hydroxyl groups is 1. The molecular weight excluding hydrogens is 410 g/mol. The van der Waals surface area contributed by atoms with Crippen LogP contribution in [0, 0.1) is 0 Å². The number of hydrogen-bond acceptors (Lipinski definition) is 5. The average molecular weight is 435 g/mol. The van der Waals surface area contributed by atoms with Gasteiger partial charge in [0.25, 0.3) is 0 Å². The van der Waals surface area contributed by atoms with Crippen molar-refractivity contribution in [2.24, 2.45) is 0 Å². The fourth-order valence-electron chi connectivity index (χ4n) is 3.10. The predicted octanol–water partition coefficient (Wildman–Crippen LogP) is 3.47. The highest BCUT2D eigenvalue weighted by molar-refractivity contribution is 5.82. The first-order valence-corrected chi connectivity index (χ1v) is 10.1. The third-order valence-corrected chi connectivity index (χ3v) is 4.72. The highest BCUT2D eigenvalue weighted by atomic mass is 16.5. The summed E-state index contributed by atoms with van der Waals surface area (Å²) in [7, 11) is 0. The van der Waals surface area contributed by atoms with Crippen LogP contribution in [0.5, 0.6) is 11.5 Å². The minimum atomic E-state index is -1.49. The van der Waals surface area contributed by atoms with E-state index in [-0.39, 0.29) is 12.2 Å². The fraction of sp³-hybridized carbons (Fsp3) is 0.200. The van der Waals surface area contributed by atoms with Crippen molar-refractivity contribution in [3.8, 4) is 11.5 Å². The quantitative estimate of drug-likeness (QED) is 0.450. The Bertz CT molecular complexity index is 1040. The Morgan fingerprint density at radius 2 is 1.38 bits per heavy atom. The smallest absolute Gasteiger partial charge is 0.329 e. The van der Waals surface area contributed by atoms with Gasteiger partial charge < -0.3 is 25.0 Å². The molecule has 7 heteroatoms. The largest absolute Gasteiger partial charge is 0.485 e. The number of nitrogens with one attached hydrogen (secondary N) is 1. The summed E-state index contributed by atoms with van der Waals surface area (Å²) in [6.45, 7) is 1.77. The van der Waals surface area contributed by atoms with E-state index in [9.17, 15) is 19.8 Å². The number of carboxylic acid groups (broad SMARTS) is 1. The van der Waals surface area contributed by atoms with Gasteiger partial charge in [-0.3, -0.25) is 4.79 Å². The maximum absolute atomic E-state index is 11.5. The van der Waals surface area contributed by atoms with Gasteiger partial charge in [0.2, 0.25) is 5.91 Å². The number of carbonyl (C=O) groups is 2. The summed E-state index contributed by atoms with van der Waals surface area (Å²) in [6, 6.07) is 22.4. The van der Waals surface area contributed by atoms with Crippen molar-refractivity contribution in [2.75, 3.05) is 0 Å². The SMILES string of the molecule is CC(=O)N[C@@H](C(=O)O)C(O)c1ccc(OCc2ccccc2)c(OCc2ccccc2)c1. The zero-order valence-corrected chi connectivity index (χ0v) is 17.6. The lowest BCUT2D eigenvalue weighted by Gasteiger charge is -2.21. The van der Waals surface area contributed by atoms with Crippen LogP contribution in [0.2, 0.25) is 0 Å². The van der Waals surface area contributed by atoms with Gasteiger partial charge in [-0.15, -0.1) is 0 Å². The molecule has 3 rings (SSSR count). The highest BCUT2D eigenvalue weighted by Crippen LogP contribution is 2.33. The zero-order chi connectivity index (χ0) is 22.9. The summed E-state index contributed by atoms with van der Waals surface area (Å²) in [6.07, 6.45) is -1.47. The molecule has 0 aliphatic rings. The normalized spacial score (nSPS) is 12.4. The number of aliphatic hydroxyl groups excluding tert-OH is 1. The molecule has 166 valence electrons. The Morgan fingerprint density at radius 1 is 0.844 bits per heavy atom. The van der Waals surface area contributed by atoms with Gasteiger partial charge in [-0.2, -0.15) is 0 Å². The van der Waals surface area contributed by atoms with Crippen LogP contribution in [0.3, 0.4) is 0 Å². The summed E-state index contributed by atoms with van der Waals surface area (Å²) >= 11 is 0. The number of carboxylic acids is 1. The molecule has 0 saturated carbocycles. The highest BCUT2D eigenvalue weighted by Gasteiger charge is 2.29. The number of carbonyl (C=O) groups excluding carboxylic acids is 1. The maximum atomic E-state index is 11.5. The Kier molecular flexibility index (Phi) is 7.83. The van der Waals surface area contributed by atoms with Crippen molar-refractivity contribution in [2.45, 2.75) is 32.3 Å². The first-order valence-electron chi connectivity index (χ1n) is 10.1. The molecule has 0 spiro atoms. The number of hydrogen-bond donors (Lipinski definition) is 3. The molecule has 1 unspecified atom stereocenters. The molecule has 0 radical (unpaired) electrons. The molecule has 0 fully saturated rings. The molecular formula is C25H25NO6. The van der Waals surface area contributed by atoms with E-state index >= 15 is 0 Å². The molecule has 7 nitrogen and oxygen atoms in total. The second kappa shape index (κ2) is 11.0. The summed E-state index contributed by atoms with van der Waals surface area (Å²) in [5.74, 6) is -1.09. The minimum absolute atomic E-state index is 0.260. The average Bonchev–Trinajstić information content (AvgIpc) is 2.80. The summed E-state index contributed by atoms with van der Waals surface area (Å²) in [5, 5.41) is 22.3. The maximum Gasteiger partial charge on any atom is 0.329 e. The van der Waals surface area contributed by atoms with Crippen molar-refractivity contribution in [1.82, 2.24) is 5.32 Å². The van der Waals surface area contributed by atoms with E-state index in [0.717, 1.165) is 11.1 Å². The molecule has 0 saturated heterocycles. The predicted molar refractivity (Wildman–Crippen MR) is 118 cm³/mol. The van der Waals surface area contributed by atoms with Crippen molar-refractivity contribution in [3.63, 3.8) is 0 Å². The van der Waals surface area contributed by atoms with E-state index < -0.39 is 24.0 Å². The van der Waals surface area contributed by atoms with E-state index in [1.807, 2.05) is 60.7 Å². The first-order chi connectivity index (χ1) is 15.4. The molecule has 0 aromatic heterocycles. The van der Waals surface area contributed by atoms with Crippen molar-refractivity contribution in [1.29, 1.82) is 0 Å². The van der Waals surface area contributed by atoms with Gasteiger partial charge in [-0.1, -0.05) is 66.7 Å². The van der Waals surface area contributed by atoms with E-state index in [2.05, 4.69) is 5.32 Å². The molecule has 32 heavy (non-hydrogen) atoms. The minimum Gasteiger partial charge on any atom is -0.485 e. The number of ether oxygens (including phenoxy) is 2. The van der Waals surface area contributed by atoms with Gasteiger partial charge in [-0.05, 0) is 28.8 Å². The van der Waals surface area contributed by atoms with Crippen LogP contribution in [0.4, 0.5) is 0 Å². The van der Waals surface area contributed by atoms with Gasteiger partial charge >= 0.3 is 5.97 Å². The lowest BCUT2D eigenvalue weighted by atomic mass is 10.0. The number of rotatable bonds is 10. The number of amides is 1. The Hall–Kier alpha value is -3.84. The standard InChI is InChI=1S/C25H25NO6/c1-17(27)26-23(25(29)30)24(28)20-12-13-21(31-15-18-8-4-2-5-9-18)22(14-20)32-16-19-10-6-3-7-11-19/h2-14,23-24,28H,15-16H2,1H3,(H,26,27)(H,29,30)/t23-,24?/m1/s1. The third kappa shape index (κ3) is 6.33. The Labute approximate surface area is 186 Å². The molecule has 2 atom stereocenters. The summed E-state index contributed by atoms with van der Waals surface area (Å²) < 4.78 is 11.9. The van der Waals surface area contributed by atoms with Crippen LogP contribution >= 0.6 is 0 Å². The summed E-state index contributed by atoms with van der Waals surface area (Å²) in [4.78, 5) is 22.9. The van der Waals surface area contributed by atoms with Gasteiger partial charge in [0.15, 0.2) is 17.5 Å². The monoisotopic (exact) mass is 435 g/mol. The number of aliphatic carboxylic acids is 1. The lowest BCUT2D eigenvalue weighted by molar-refractivity contribution is -0.145. The second-order valence-corrected chi connectivity index (χ2v) is 7.22. The van der Waals surface area contributed by atoms with Crippen LogP contribution in [0.1, 0.15) is 29.7 Å². The molecule has 1 amide bonds.